The number of anilines is 1. The second-order valence-electron chi connectivity index (χ2n) is 7.65. The van der Waals surface area contributed by atoms with E-state index in [0.29, 0.717) is 28.3 Å². The van der Waals surface area contributed by atoms with Crippen LogP contribution in [-0.4, -0.2) is 26.9 Å². The van der Waals surface area contributed by atoms with Crippen molar-refractivity contribution >= 4 is 39.9 Å². The third-order valence-corrected chi connectivity index (χ3v) is 6.02. The maximum atomic E-state index is 12.4. The van der Waals surface area contributed by atoms with Gasteiger partial charge in [-0.3, -0.25) is 9.59 Å². The van der Waals surface area contributed by atoms with Crippen LogP contribution < -0.4 is 10.6 Å². The van der Waals surface area contributed by atoms with Crippen molar-refractivity contribution in [3.8, 4) is 22.6 Å². The van der Waals surface area contributed by atoms with Crippen LogP contribution in [0.2, 0.25) is 5.02 Å². The molecule has 0 saturated heterocycles. The van der Waals surface area contributed by atoms with Crippen LogP contribution in [0.25, 0.3) is 22.6 Å². The molecule has 0 saturated carbocycles. The highest BCUT2D eigenvalue weighted by Crippen LogP contribution is 2.26. The number of amides is 2. The average Bonchev–Trinajstić information content (AvgIpc) is 3.48. The zero-order valence-corrected chi connectivity index (χ0v) is 20.1. The van der Waals surface area contributed by atoms with Gasteiger partial charge in [0.15, 0.2) is 5.13 Å². The van der Waals surface area contributed by atoms with E-state index in [4.69, 9.17) is 16.1 Å². The highest BCUT2D eigenvalue weighted by atomic mass is 35.5. The van der Waals surface area contributed by atoms with Crippen LogP contribution in [0.3, 0.4) is 0 Å². The molecule has 0 fully saturated rings. The van der Waals surface area contributed by atoms with E-state index >= 15 is 0 Å². The number of thiazole rings is 1. The minimum Gasteiger partial charge on any atom is -0.350 e. The molecule has 2 aromatic carbocycles. The quantitative estimate of drug-likeness (QED) is 0.344. The number of nitrogens with zero attached hydrogens (tertiary/aromatic N) is 3. The van der Waals surface area contributed by atoms with Gasteiger partial charge in [0.05, 0.1) is 11.7 Å². The van der Waals surface area contributed by atoms with Crippen LogP contribution in [0.1, 0.15) is 37.8 Å². The number of hydrogen-bond acceptors (Lipinski definition) is 7. The van der Waals surface area contributed by atoms with Crippen LogP contribution in [-0.2, 0) is 16.0 Å². The fraction of sp³-hybridized carbons (Fsp3) is 0.208. The van der Waals surface area contributed by atoms with Crippen molar-refractivity contribution in [3.05, 3.63) is 70.4 Å². The van der Waals surface area contributed by atoms with Gasteiger partial charge in [-0.2, -0.15) is 4.98 Å². The van der Waals surface area contributed by atoms with E-state index in [-0.39, 0.29) is 24.3 Å². The molecule has 2 N–H and O–H groups in total. The number of aromatic nitrogens is 3. The molecule has 4 rings (SSSR count). The van der Waals surface area contributed by atoms with Crippen molar-refractivity contribution in [2.24, 2.45) is 0 Å². The predicted molar refractivity (Wildman–Crippen MR) is 131 cm³/mol. The van der Waals surface area contributed by atoms with Crippen LogP contribution in [0.4, 0.5) is 5.13 Å². The molecule has 174 valence electrons. The lowest BCUT2D eigenvalue weighted by molar-refractivity contribution is -0.119. The first-order valence-corrected chi connectivity index (χ1v) is 11.8. The largest absolute Gasteiger partial charge is 0.350 e. The van der Waals surface area contributed by atoms with Gasteiger partial charge in [-0.05, 0) is 36.8 Å². The molecule has 10 heteroatoms. The molecule has 0 aliphatic carbocycles. The number of rotatable bonds is 8. The summed E-state index contributed by atoms with van der Waals surface area (Å²) in [7, 11) is 0. The maximum Gasteiger partial charge on any atom is 0.227 e. The summed E-state index contributed by atoms with van der Waals surface area (Å²) in [5.41, 5.74) is 3.49. The van der Waals surface area contributed by atoms with Gasteiger partial charge in [0, 0.05) is 41.3 Å². The molecule has 4 aromatic rings. The first-order valence-electron chi connectivity index (χ1n) is 10.6. The minimum atomic E-state index is -0.188. The van der Waals surface area contributed by atoms with E-state index in [1.807, 2.05) is 36.6 Å². The Bertz CT molecular complexity index is 1280. The van der Waals surface area contributed by atoms with Gasteiger partial charge in [-0.15, -0.1) is 11.3 Å². The molecule has 34 heavy (non-hydrogen) atoms. The number of nitrogens with one attached hydrogen (secondary N) is 2. The van der Waals surface area contributed by atoms with Gasteiger partial charge < -0.3 is 15.2 Å². The number of carbonyl (C=O) groups excluding carboxylic acids is 2. The van der Waals surface area contributed by atoms with E-state index in [9.17, 15) is 9.59 Å². The molecule has 0 spiro atoms. The molecular formula is C24H22ClN5O3S. The molecule has 2 heterocycles. The Hall–Kier alpha value is -3.56. The van der Waals surface area contributed by atoms with Gasteiger partial charge in [0.2, 0.25) is 23.5 Å². The Morgan fingerprint density at radius 2 is 1.76 bits per heavy atom. The van der Waals surface area contributed by atoms with Crippen LogP contribution in [0.15, 0.2) is 58.4 Å². The minimum absolute atomic E-state index is 0.0713. The summed E-state index contributed by atoms with van der Waals surface area (Å²) in [5, 5.41) is 12.7. The molecule has 1 unspecified atom stereocenters. The normalized spacial score (nSPS) is 11.7. The molecule has 8 nitrogen and oxygen atoms in total. The van der Waals surface area contributed by atoms with Crippen molar-refractivity contribution < 1.29 is 14.1 Å². The lowest BCUT2D eigenvalue weighted by Gasteiger charge is -2.12. The number of carbonyl (C=O) groups is 2. The van der Waals surface area contributed by atoms with Gasteiger partial charge >= 0.3 is 0 Å². The SMILES string of the molecule is CC(=O)NC(C)c1ccc(-c2csc(NC(=O)CCc3nc(-c4ccc(Cl)cc4)no3)n2)cc1. The van der Waals surface area contributed by atoms with Gasteiger partial charge in [-0.25, -0.2) is 4.98 Å². The molecule has 1 atom stereocenters. The standard InChI is InChI=1S/C24H22ClN5O3S/c1-14(26-15(2)31)16-3-5-17(6-4-16)20-13-34-24(27-20)28-21(32)11-12-22-29-23(30-33-22)18-7-9-19(25)10-8-18/h3-10,13-14H,11-12H2,1-2H3,(H,26,31)(H,27,28,32). The molecule has 0 aliphatic heterocycles. The lowest BCUT2D eigenvalue weighted by Crippen LogP contribution is -2.23. The van der Waals surface area contributed by atoms with E-state index in [2.05, 4.69) is 25.8 Å². The molecular weight excluding hydrogens is 474 g/mol. The zero-order valence-electron chi connectivity index (χ0n) is 18.5. The highest BCUT2D eigenvalue weighted by molar-refractivity contribution is 7.14. The van der Waals surface area contributed by atoms with E-state index in [1.165, 1.54) is 18.3 Å². The van der Waals surface area contributed by atoms with Crippen molar-refractivity contribution in [1.82, 2.24) is 20.4 Å². The van der Waals surface area contributed by atoms with Gasteiger partial charge in [-0.1, -0.05) is 41.0 Å². The molecule has 0 bridgehead atoms. The summed E-state index contributed by atoms with van der Waals surface area (Å²) in [6, 6.07) is 14.9. The highest BCUT2D eigenvalue weighted by Gasteiger charge is 2.13. The Balaban J connectivity index is 1.30. The van der Waals surface area contributed by atoms with E-state index < -0.39 is 0 Å². The molecule has 2 aromatic heterocycles. The van der Waals surface area contributed by atoms with E-state index in [0.717, 1.165) is 22.4 Å². The Morgan fingerprint density at radius 3 is 2.47 bits per heavy atom. The number of hydrogen-bond donors (Lipinski definition) is 2. The summed E-state index contributed by atoms with van der Waals surface area (Å²) in [6.45, 7) is 3.43. The topological polar surface area (TPSA) is 110 Å². The van der Waals surface area contributed by atoms with Crippen LogP contribution in [0.5, 0.6) is 0 Å². The Kier molecular flexibility index (Phi) is 7.34. The smallest absolute Gasteiger partial charge is 0.227 e. The van der Waals surface area contributed by atoms with Crippen molar-refractivity contribution in [3.63, 3.8) is 0 Å². The van der Waals surface area contributed by atoms with Crippen LogP contribution >= 0.6 is 22.9 Å². The fourth-order valence-corrected chi connectivity index (χ4v) is 4.13. The number of halogens is 1. The molecule has 2 amide bonds. The van der Waals surface area contributed by atoms with Crippen molar-refractivity contribution in [1.29, 1.82) is 0 Å². The lowest BCUT2D eigenvalue weighted by atomic mass is 10.1. The summed E-state index contributed by atoms with van der Waals surface area (Å²) in [5.74, 6) is 0.576. The number of aryl methyl sites for hydroxylation is 1. The van der Waals surface area contributed by atoms with Crippen molar-refractivity contribution in [2.75, 3.05) is 5.32 Å². The average molecular weight is 496 g/mol. The second kappa shape index (κ2) is 10.6. The first-order chi connectivity index (χ1) is 16.4. The zero-order chi connectivity index (χ0) is 24.1. The molecule has 0 radical (unpaired) electrons. The summed E-state index contributed by atoms with van der Waals surface area (Å²) in [4.78, 5) is 32.4. The number of benzene rings is 2. The second-order valence-corrected chi connectivity index (χ2v) is 8.94. The first kappa shape index (κ1) is 23.6. The van der Waals surface area contributed by atoms with Gasteiger partial charge in [0.1, 0.15) is 0 Å². The van der Waals surface area contributed by atoms with E-state index in [1.54, 1.807) is 24.3 Å². The van der Waals surface area contributed by atoms with Gasteiger partial charge in [0.25, 0.3) is 0 Å². The molecule has 0 aliphatic rings. The predicted octanol–water partition coefficient (Wildman–Crippen LogP) is 5.28. The summed E-state index contributed by atoms with van der Waals surface area (Å²) < 4.78 is 5.25. The fourth-order valence-electron chi connectivity index (χ4n) is 3.27. The monoisotopic (exact) mass is 495 g/mol. The maximum absolute atomic E-state index is 12.4. The Morgan fingerprint density at radius 1 is 1.06 bits per heavy atom. The summed E-state index contributed by atoms with van der Waals surface area (Å²) in [6.07, 6.45) is 0.505. The van der Waals surface area contributed by atoms with Crippen LogP contribution in [0, 0.1) is 0 Å². The third-order valence-electron chi connectivity index (χ3n) is 5.01. The Labute approximate surface area is 205 Å². The van der Waals surface area contributed by atoms with Crippen molar-refractivity contribution in [2.45, 2.75) is 32.7 Å². The third kappa shape index (κ3) is 6.06. The summed E-state index contributed by atoms with van der Waals surface area (Å²) >= 11 is 7.25.